The van der Waals surface area contributed by atoms with E-state index >= 15 is 0 Å². The Morgan fingerprint density at radius 1 is 1.12 bits per heavy atom. The first kappa shape index (κ1) is 23.3. The lowest BCUT2D eigenvalue weighted by Crippen LogP contribution is -2.18. The fourth-order valence-corrected chi connectivity index (χ4v) is 3.15. The van der Waals surface area contributed by atoms with Crippen LogP contribution in [0.3, 0.4) is 0 Å². The summed E-state index contributed by atoms with van der Waals surface area (Å²) < 4.78 is 18.5. The van der Waals surface area contributed by atoms with Gasteiger partial charge in [0.25, 0.3) is 5.91 Å². The minimum atomic E-state index is -0.378. The molecule has 0 unspecified atom stereocenters. The highest BCUT2D eigenvalue weighted by Crippen LogP contribution is 2.33. The lowest BCUT2D eigenvalue weighted by molar-refractivity contribution is 0.0915. The van der Waals surface area contributed by atoms with Crippen LogP contribution < -0.4 is 14.8 Å². The molecule has 32 heavy (non-hydrogen) atoms. The van der Waals surface area contributed by atoms with Gasteiger partial charge in [0.05, 0.1) is 11.6 Å². The van der Waals surface area contributed by atoms with Crippen molar-refractivity contribution in [3.05, 3.63) is 64.8 Å². The molecule has 0 saturated carbocycles. The van der Waals surface area contributed by atoms with Crippen LogP contribution >= 0.6 is 11.6 Å². The quantitative estimate of drug-likeness (QED) is 0.467. The highest BCUT2D eigenvalue weighted by molar-refractivity contribution is 6.32. The number of nitrogens with zero attached hydrogens (tertiary/aromatic N) is 2. The van der Waals surface area contributed by atoms with E-state index in [1.165, 1.54) is 13.0 Å². The van der Waals surface area contributed by atoms with Crippen molar-refractivity contribution < 1.29 is 23.8 Å². The van der Waals surface area contributed by atoms with E-state index in [4.69, 9.17) is 25.8 Å². The molecule has 8 nitrogen and oxygen atoms in total. The van der Waals surface area contributed by atoms with E-state index in [9.17, 15) is 9.59 Å². The van der Waals surface area contributed by atoms with Crippen molar-refractivity contribution in [3.8, 4) is 17.2 Å². The number of hydrogen-bond acceptors (Lipinski definition) is 6. The summed E-state index contributed by atoms with van der Waals surface area (Å²) in [6.45, 7) is 3.68. The number of Topliss-reactive ketones (excluding diaryl/α,β-unsaturated/α-hetero) is 1. The van der Waals surface area contributed by atoms with Crippen LogP contribution in [0.5, 0.6) is 17.2 Å². The van der Waals surface area contributed by atoms with Crippen LogP contribution in [0.1, 0.15) is 34.6 Å². The van der Waals surface area contributed by atoms with Gasteiger partial charge in [-0.1, -0.05) is 11.6 Å². The van der Waals surface area contributed by atoms with Crippen LogP contribution in [-0.4, -0.2) is 41.3 Å². The molecule has 0 aliphatic heterocycles. The number of methoxy groups -OCH3 is 1. The molecule has 1 amide bonds. The molecule has 1 heterocycles. The number of aromatic nitrogens is 2. The molecule has 1 aromatic heterocycles. The number of hydrogen-bond donors (Lipinski definition) is 1. The Morgan fingerprint density at radius 3 is 2.50 bits per heavy atom. The highest BCUT2D eigenvalue weighted by atomic mass is 35.5. The Balaban J connectivity index is 1.90. The number of carbonyl (C=O) groups is 2. The molecule has 0 aliphatic carbocycles. The molecule has 0 aliphatic rings. The number of anilines is 1. The molecule has 3 rings (SSSR count). The van der Waals surface area contributed by atoms with Crippen LogP contribution in [0, 0.1) is 0 Å². The number of rotatable bonds is 9. The van der Waals surface area contributed by atoms with Crippen molar-refractivity contribution in [2.45, 2.75) is 20.0 Å². The largest absolute Gasteiger partial charge is 0.488 e. The highest BCUT2D eigenvalue weighted by Gasteiger charge is 2.15. The lowest BCUT2D eigenvalue weighted by atomic mass is 10.1. The minimum Gasteiger partial charge on any atom is -0.488 e. The average molecular weight is 458 g/mol. The Morgan fingerprint density at radius 2 is 1.88 bits per heavy atom. The van der Waals surface area contributed by atoms with Crippen molar-refractivity contribution in [1.29, 1.82) is 0 Å². The summed E-state index contributed by atoms with van der Waals surface area (Å²) in [5.74, 6) is 1.05. The molecule has 0 radical (unpaired) electrons. The predicted molar refractivity (Wildman–Crippen MR) is 121 cm³/mol. The number of carbonyl (C=O) groups excluding carboxylic acids is 2. The molecule has 1 atom stereocenters. The molecular formula is C23H24ClN3O5. The standard InChI is InChI=1S/C23H24ClN3O5/c1-14(13-30-4)31-18-9-17(23(29)25-22-7-8-27(3)26-22)10-19(12-18)32-21-6-5-16(15(2)28)11-20(21)24/h5-12,14H,13H2,1-4H3,(H,25,26,29)/t14-/m0/s1. The van der Waals surface area contributed by atoms with Crippen LogP contribution in [-0.2, 0) is 11.8 Å². The van der Waals surface area contributed by atoms with Gasteiger partial charge in [-0.25, -0.2) is 0 Å². The second-order valence-electron chi connectivity index (χ2n) is 7.21. The number of ketones is 1. The number of amides is 1. The van der Waals surface area contributed by atoms with Crippen LogP contribution in [0.25, 0.3) is 0 Å². The van der Waals surface area contributed by atoms with Crippen molar-refractivity contribution >= 4 is 29.1 Å². The third kappa shape index (κ3) is 6.09. The molecule has 0 fully saturated rings. The zero-order valence-corrected chi connectivity index (χ0v) is 19.0. The zero-order valence-electron chi connectivity index (χ0n) is 18.2. The lowest BCUT2D eigenvalue weighted by Gasteiger charge is -2.16. The predicted octanol–water partition coefficient (Wildman–Crippen LogP) is 4.73. The topological polar surface area (TPSA) is 91.7 Å². The van der Waals surface area contributed by atoms with Gasteiger partial charge in [0.2, 0.25) is 0 Å². The molecule has 3 aromatic rings. The fraction of sp³-hybridized carbons (Fsp3) is 0.261. The second-order valence-corrected chi connectivity index (χ2v) is 7.62. The van der Waals surface area contributed by atoms with E-state index in [0.29, 0.717) is 40.8 Å². The monoisotopic (exact) mass is 457 g/mol. The van der Waals surface area contributed by atoms with Gasteiger partial charge < -0.3 is 19.5 Å². The minimum absolute atomic E-state index is 0.102. The Kier molecular flexibility index (Phi) is 7.50. The fourth-order valence-electron chi connectivity index (χ4n) is 2.93. The van der Waals surface area contributed by atoms with Gasteiger partial charge in [0.15, 0.2) is 11.6 Å². The van der Waals surface area contributed by atoms with Gasteiger partial charge in [-0.15, -0.1) is 0 Å². The average Bonchev–Trinajstić information content (AvgIpc) is 3.13. The zero-order chi connectivity index (χ0) is 23.3. The first-order chi connectivity index (χ1) is 15.2. The van der Waals surface area contributed by atoms with Gasteiger partial charge >= 0.3 is 0 Å². The second kappa shape index (κ2) is 10.3. The maximum atomic E-state index is 12.8. The van der Waals surface area contributed by atoms with Crippen molar-refractivity contribution in [3.63, 3.8) is 0 Å². The molecule has 0 saturated heterocycles. The third-order valence-corrected chi connectivity index (χ3v) is 4.70. The normalized spacial score (nSPS) is 11.7. The summed E-state index contributed by atoms with van der Waals surface area (Å²) in [6.07, 6.45) is 1.48. The summed E-state index contributed by atoms with van der Waals surface area (Å²) >= 11 is 6.29. The van der Waals surface area contributed by atoms with Crippen LogP contribution in [0.15, 0.2) is 48.7 Å². The van der Waals surface area contributed by atoms with E-state index in [0.717, 1.165) is 0 Å². The number of halogens is 1. The molecule has 2 aromatic carbocycles. The summed E-state index contributed by atoms with van der Waals surface area (Å²) in [7, 11) is 3.34. The van der Waals surface area contributed by atoms with E-state index in [1.807, 2.05) is 6.92 Å². The Bertz CT molecular complexity index is 1130. The number of benzene rings is 2. The summed E-state index contributed by atoms with van der Waals surface area (Å²) in [5.41, 5.74) is 0.785. The van der Waals surface area contributed by atoms with E-state index in [1.54, 1.807) is 61.4 Å². The molecule has 1 N–H and O–H groups in total. The Labute approximate surface area is 191 Å². The smallest absolute Gasteiger partial charge is 0.257 e. The molecule has 9 heteroatoms. The number of nitrogens with one attached hydrogen (secondary N) is 1. The Hall–Kier alpha value is -3.36. The van der Waals surface area contributed by atoms with E-state index in [2.05, 4.69) is 10.4 Å². The summed E-state index contributed by atoms with van der Waals surface area (Å²) in [4.78, 5) is 24.4. The first-order valence-electron chi connectivity index (χ1n) is 9.85. The van der Waals surface area contributed by atoms with Crippen molar-refractivity contribution in [2.24, 2.45) is 7.05 Å². The van der Waals surface area contributed by atoms with Gasteiger partial charge in [0, 0.05) is 43.6 Å². The van der Waals surface area contributed by atoms with Crippen molar-refractivity contribution in [2.75, 3.05) is 19.0 Å². The first-order valence-corrected chi connectivity index (χ1v) is 10.2. The summed E-state index contributed by atoms with van der Waals surface area (Å²) in [6, 6.07) is 11.3. The van der Waals surface area contributed by atoms with Gasteiger partial charge in [-0.3, -0.25) is 14.3 Å². The number of ether oxygens (including phenoxy) is 3. The molecule has 168 valence electrons. The molecular weight excluding hydrogens is 434 g/mol. The van der Waals surface area contributed by atoms with Gasteiger partial charge in [0.1, 0.15) is 23.4 Å². The van der Waals surface area contributed by atoms with Crippen LogP contribution in [0.2, 0.25) is 5.02 Å². The third-order valence-electron chi connectivity index (χ3n) is 4.40. The van der Waals surface area contributed by atoms with E-state index < -0.39 is 0 Å². The number of aryl methyl sites for hydroxylation is 1. The van der Waals surface area contributed by atoms with Gasteiger partial charge in [-0.05, 0) is 44.2 Å². The molecule has 0 spiro atoms. The summed E-state index contributed by atoms with van der Waals surface area (Å²) in [5, 5.41) is 7.17. The van der Waals surface area contributed by atoms with Crippen molar-refractivity contribution in [1.82, 2.24) is 9.78 Å². The maximum Gasteiger partial charge on any atom is 0.257 e. The van der Waals surface area contributed by atoms with Crippen LogP contribution in [0.4, 0.5) is 5.82 Å². The van der Waals surface area contributed by atoms with E-state index in [-0.39, 0.29) is 22.8 Å². The molecule has 0 bridgehead atoms. The van der Waals surface area contributed by atoms with Gasteiger partial charge in [-0.2, -0.15) is 5.10 Å². The maximum absolute atomic E-state index is 12.8. The SMILES string of the molecule is COC[C@H](C)Oc1cc(Oc2ccc(C(C)=O)cc2Cl)cc(C(=O)Nc2ccn(C)n2)c1.